The van der Waals surface area contributed by atoms with Crippen LogP contribution in [0.25, 0.3) is 39.0 Å². The summed E-state index contributed by atoms with van der Waals surface area (Å²) in [5.74, 6) is 7.78. The van der Waals surface area contributed by atoms with Crippen LogP contribution >= 0.6 is 56.7 Å². The summed E-state index contributed by atoms with van der Waals surface area (Å²) in [6, 6.07) is 0. The molecule has 0 amide bonds. The Kier molecular flexibility index (Phi) is 8.28. The minimum absolute atomic E-state index is 0.447. The third kappa shape index (κ3) is 5.50. The first-order valence-corrected chi connectivity index (χ1v) is 28.8. The highest BCUT2D eigenvalue weighted by atomic mass is 32.1. The molecule has 0 N–H and O–H groups in total. The van der Waals surface area contributed by atoms with Gasteiger partial charge in [0.05, 0.1) is 55.2 Å². The fourth-order valence-electron chi connectivity index (χ4n) is 6.94. The zero-order valence-electron chi connectivity index (χ0n) is 30.2. The molecule has 5 aromatic rings. The number of hydrogen-bond acceptors (Lipinski definition) is 15. The molecule has 5 aromatic heterocycles. The molecule has 5 aliphatic heterocycles. The monoisotopic (exact) mass is 846 g/mol. The minimum Gasteiger partial charge on any atom is -0.485 e. The van der Waals surface area contributed by atoms with E-state index < -0.39 is 16.1 Å². The molecule has 0 aliphatic carbocycles. The van der Waals surface area contributed by atoms with Crippen molar-refractivity contribution < 1.29 is 47.4 Å². The molecule has 0 radical (unpaired) electrons. The Balaban J connectivity index is 1.15. The molecule has 280 valence electrons. The van der Waals surface area contributed by atoms with Gasteiger partial charge >= 0.3 is 0 Å². The molecule has 0 fully saturated rings. The minimum atomic E-state index is -1.74. The Morgan fingerprint density at radius 1 is 0.264 bits per heavy atom. The van der Waals surface area contributed by atoms with Gasteiger partial charge in [-0.1, -0.05) is 39.3 Å². The van der Waals surface area contributed by atoms with E-state index in [1.165, 1.54) is 9.00 Å². The van der Waals surface area contributed by atoms with E-state index in [0.29, 0.717) is 77.6 Å². The fourth-order valence-corrected chi connectivity index (χ4v) is 17.7. The summed E-state index contributed by atoms with van der Waals surface area (Å²) < 4.78 is 66.4. The van der Waals surface area contributed by atoms with Crippen LogP contribution in [0.15, 0.2) is 0 Å². The average Bonchev–Trinajstić information content (AvgIpc) is 3.97. The molecule has 0 saturated heterocycles. The normalized spacial score (nSPS) is 17.2. The van der Waals surface area contributed by atoms with Gasteiger partial charge in [-0.05, 0) is 0 Å². The van der Waals surface area contributed by atoms with Crippen molar-refractivity contribution in [3.05, 3.63) is 0 Å². The molecule has 0 atom stereocenters. The summed E-state index contributed by atoms with van der Waals surface area (Å²) >= 11 is 8.46. The second kappa shape index (κ2) is 12.7. The number of ether oxygens (including phenoxy) is 10. The van der Waals surface area contributed by atoms with Crippen LogP contribution in [0.4, 0.5) is 0 Å². The maximum absolute atomic E-state index is 6.47. The van der Waals surface area contributed by atoms with Gasteiger partial charge in [-0.15, -0.1) is 56.7 Å². The molecule has 53 heavy (non-hydrogen) atoms. The van der Waals surface area contributed by atoms with Gasteiger partial charge in [0.1, 0.15) is 66.1 Å². The van der Waals surface area contributed by atoms with Crippen LogP contribution in [-0.4, -0.2) is 82.2 Å². The highest BCUT2D eigenvalue weighted by Gasteiger charge is 2.41. The van der Waals surface area contributed by atoms with Gasteiger partial charge in [-0.2, -0.15) is 0 Å². The Labute approximate surface area is 329 Å². The molecular formula is C36H38O10S5Si2. The SMILES string of the molecule is C[Si](C)(C)c1sc(-c2sc(-c3sc(-c4sc(-c5sc([Si](C)(C)C)c6c5OCCO6)c5c4OCCO5)c4c3OCCO4)c3c2OCCO3)c2c1OCCO2. The van der Waals surface area contributed by atoms with Crippen molar-refractivity contribution in [2.24, 2.45) is 0 Å². The number of thiophene rings is 5. The van der Waals surface area contributed by atoms with Gasteiger partial charge in [-0.3, -0.25) is 0 Å². The second-order valence-corrected chi connectivity index (χ2v) is 30.9. The van der Waals surface area contributed by atoms with E-state index >= 15 is 0 Å². The zero-order chi connectivity index (χ0) is 36.2. The molecule has 5 aliphatic rings. The molecule has 17 heteroatoms. The Morgan fingerprint density at radius 2 is 0.434 bits per heavy atom. The summed E-state index contributed by atoms with van der Waals surface area (Å²) in [6.45, 7) is 18.9. The Hall–Kier alpha value is -3.07. The smallest absolute Gasteiger partial charge is 0.181 e. The van der Waals surface area contributed by atoms with Crippen LogP contribution in [0, 0.1) is 0 Å². The van der Waals surface area contributed by atoms with E-state index in [-0.39, 0.29) is 0 Å². The van der Waals surface area contributed by atoms with Crippen LogP contribution in [0.3, 0.4) is 0 Å². The quantitative estimate of drug-likeness (QED) is 0.155. The summed E-state index contributed by atoms with van der Waals surface area (Å²) in [5, 5.41) is 0. The maximum atomic E-state index is 6.47. The molecule has 0 spiro atoms. The topological polar surface area (TPSA) is 92.3 Å². The molecule has 10 heterocycles. The highest BCUT2D eigenvalue weighted by Crippen LogP contribution is 2.66. The van der Waals surface area contributed by atoms with Crippen molar-refractivity contribution in [2.75, 3.05) is 66.1 Å². The number of hydrogen-bond donors (Lipinski definition) is 0. The van der Waals surface area contributed by atoms with Crippen LogP contribution in [0.1, 0.15) is 0 Å². The van der Waals surface area contributed by atoms with E-state index in [4.69, 9.17) is 47.4 Å². The van der Waals surface area contributed by atoms with E-state index in [0.717, 1.165) is 85.0 Å². The molecule has 0 bridgehead atoms. The lowest BCUT2D eigenvalue weighted by molar-refractivity contribution is 0.171. The van der Waals surface area contributed by atoms with Crippen molar-refractivity contribution in [1.82, 2.24) is 0 Å². The predicted octanol–water partition coefficient (Wildman–Crippen LogP) is 8.61. The van der Waals surface area contributed by atoms with E-state index in [2.05, 4.69) is 39.3 Å². The molecule has 0 aromatic carbocycles. The van der Waals surface area contributed by atoms with Crippen LogP contribution in [-0.2, 0) is 0 Å². The molecule has 10 rings (SSSR count). The van der Waals surface area contributed by atoms with Crippen molar-refractivity contribution in [1.29, 1.82) is 0 Å². The van der Waals surface area contributed by atoms with Gasteiger partial charge in [0, 0.05) is 9.00 Å². The van der Waals surface area contributed by atoms with Crippen LogP contribution in [0.5, 0.6) is 57.5 Å². The maximum Gasteiger partial charge on any atom is 0.181 e. The lowest BCUT2D eigenvalue weighted by Gasteiger charge is -2.21. The summed E-state index contributed by atoms with van der Waals surface area (Å²) in [5.41, 5.74) is 0. The summed E-state index contributed by atoms with van der Waals surface area (Å²) in [4.78, 5) is 7.80. The zero-order valence-corrected chi connectivity index (χ0v) is 36.3. The first kappa shape index (κ1) is 34.4. The van der Waals surface area contributed by atoms with E-state index in [9.17, 15) is 0 Å². The number of rotatable bonds is 6. The number of fused-ring (bicyclic) bond motifs is 5. The van der Waals surface area contributed by atoms with Crippen molar-refractivity contribution >= 4 is 81.8 Å². The van der Waals surface area contributed by atoms with E-state index in [1.54, 1.807) is 56.7 Å². The summed E-state index contributed by atoms with van der Waals surface area (Å²) in [6.07, 6.45) is 0. The van der Waals surface area contributed by atoms with Crippen LogP contribution in [0.2, 0.25) is 39.3 Å². The first-order chi connectivity index (χ1) is 25.6. The van der Waals surface area contributed by atoms with E-state index in [1.807, 2.05) is 0 Å². The van der Waals surface area contributed by atoms with Gasteiger partial charge in [0.25, 0.3) is 0 Å². The highest BCUT2D eigenvalue weighted by molar-refractivity contribution is 7.34. The van der Waals surface area contributed by atoms with Gasteiger partial charge in [0.15, 0.2) is 57.5 Å². The molecule has 0 saturated carbocycles. The Bertz CT molecular complexity index is 2110. The molecular weight excluding hydrogens is 809 g/mol. The third-order valence-electron chi connectivity index (χ3n) is 9.18. The average molecular weight is 847 g/mol. The molecule has 10 nitrogen and oxygen atoms in total. The lowest BCUT2D eigenvalue weighted by Crippen LogP contribution is -2.37. The van der Waals surface area contributed by atoms with Gasteiger partial charge in [0.2, 0.25) is 0 Å². The third-order valence-corrected chi connectivity index (χ3v) is 22.7. The largest absolute Gasteiger partial charge is 0.485 e. The van der Waals surface area contributed by atoms with Gasteiger partial charge in [-0.25, -0.2) is 0 Å². The predicted molar refractivity (Wildman–Crippen MR) is 218 cm³/mol. The molecule has 0 unspecified atom stereocenters. The fraction of sp³-hybridized carbons (Fsp3) is 0.444. The second-order valence-electron chi connectivity index (χ2n) is 15.1. The van der Waals surface area contributed by atoms with Crippen molar-refractivity contribution in [2.45, 2.75) is 39.3 Å². The standard InChI is InChI=1S/C36H38O10S5Si2/c1-52(2,3)35-25-23(43-13-15-45-25)33(50-35)31-21-19(39-9-11-41-21)29(48-31)27-17-18(38-8-7-37-17)28(47-27)30-20-22(42-12-10-40-20)32(49-30)34-24-26(46-16-14-44-24)36(51-34)53(4,5)6/h7-16H2,1-6H3. The van der Waals surface area contributed by atoms with Gasteiger partial charge < -0.3 is 47.4 Å². The first-order valence-electron chi connectivity index (χ1n) is 17.7. The lowest BCUT2D eigenvalue weighted by atomic mass is 10.2. The van der Waals surface area contributed by atoms with Crippen molar-refractivity contribution in [3.63, 3.8) is 0 Å². The Morgan fingerprint density at radius 3 is 0.642 bits per heavy atom. The summed E-state index contributed by atoms with van der Waals surface area (Å²) in [7, 11) is -3.49. The van der Waals surface area contributed by atoms with Crippen LogP contribution < -0.4 is 56.4 Å². The van der Waals surface area contributed by atoms with Crippen molar-refractivity contribution in [3.8, 4) is 96.5 Å².